The molecule has 0 aliphatic heterocycles. The van der Waals surface area contributed by atoms with Crippen molar-refractivity contribution in [2.24, 2.45) is 5.92 Å². The van der Waals surface area contributed by atoms with Crippen molar-refractivity contribution in [3.05, 3.63) is 85.5 Å². The number of Topliss-reactive ketones (excluding diaryl/α,β-unsaturated/α-hetero) is 1. The zero-order valence-corrected chi connectivity index (χ0v) is 19.5. The standard InChI is InChI=1S/C27H34N2O5/c1-3-24(30)28-18-10-12-20-33-27(34-21-13-11-19-29-25(31)4-2)17-9-8-16-23(27)26(32)22-14-6-5-7-15-22/h3-9,14-17,23H,1-2,10-13,18-21H2,(H,28,30)(H,29,31). The topological polar surface area (TPSA) is 93.7 Å². The van der Waals surface area contributed by atoms with Crippen molar-refractivity contribution in [3.8, 4) is 0 Å². The van der Waals surface area contributed by atoms with Crippen LogP contribution in [0, 0.1) is 5.92 Å². The lowest BCUT2D eigenvalue weighted by Gasteiger charge is -2.37. The van der Waals surface area contributed by atoms with Gasteiger partial charge in [0.2, 0.25) is 17.6 Å². The van der Waals surface area contributed by atoms with E-state index in [1.807, 2.05) is 36.4 Å². The van der Waals surface area contributed by atoms with E-state index >= 15 is 0 Å². The second kappa shape index (κ2) is 14.8. The predicted octanol–water partition coefficient (Wildman–Crippen LogP) is 3.51. The molecule has 1 aromatic rings. The third-order valence-electron chi connectivity index (χ3n) is 5.28. The highest BCUT2D eigenvalue weighted by molar-refractivity contribution is 6.00. The van der Waals surface area contributed by atoms with Crippen LogP contribution in [0.25, 0.3) is 0 Å². The Labute approximate surface area is 201 Å². The number of hydrogen-bond donors (Lipinski definition) is 2. The third kappa shape index (κ3) is 8.57. The Morgan fingerprint density at radius 3 is 1.94 bits per heavy atom. The number of nitrogens with one attached hydrogen (secondary N) is 2. The van der Waals surface area contributed by atoms with Crippen LogP contribution in [0.15, 0.2) is 79.9 Å². The van der Waals surface area contributed by atoms with Crippen LogP contribution >= 0.6 is 0 Å². The molecule has 0 heterocycles. The zero-order chi connectivity index (χ0) is 24.7. The first-order chi connectivity index (χ1) is 16.5. The average Bonchev–Trinajstić information content (AvgIpc) is 2.88. The number of allylic oxidation sites excluding steroid dienone is 2. The molecule has 1 aliphatic carbocycles. The van der Waals surface area contributed by atoms with Crippen molar-refractivity contribution in [1.29, 1.82) is 0 Å². The van der Waals surface area contributed by atoms with Crippen LogP contribution in [0.1, 0.15) is 36.0 Å². The molecule has 1 aromatic carbocycles. The highest BCUT2D eigenvalue weighted by atomic mass is 16.7. The predicted molar refractivity (Wildman–Crippen MR) is 132 cm³/mol. The number of benzene rings is 1. The molecule has 2 N–H and O–H groups in total. The third-order valence-corrected chi connectivity index (χ3v) is 5.28. The minimum atomic E-state index is -1.23. The van der Waals surface area contributed by atoms with E-state index in [0.29, 0.717) is 44.7 Å². The highest BCUT2D eigenvalue weighted by Crippen LogP contribution is 2.33. The molecule has 0 radical (unpaired) electrons. The second-order valence-corrected chi connectivity index (χ2v) is 7.77. The van der Waals surface area contributed by atoms with Crippen LogP contribution in [0.2, 0.25) is 0 Å². The second-order valence-electron chi connectivity index (χ2n) is 7.77. The number of hydrogen-bond acceptors (Lipinski definition) is 5. The summed E-state index contributed by atoms with van der Waals surface area (Å²) < 4.78 is 12.4. The first kappa shape index (κ1) is 27.0. The quantitative estimate of drug-likeness (QED) is 0.168. The van der Waals surface area contributed by atoms with Crippen molar-refractivity contribution in [2.75, 3.05) is 26.3 Å². The molecule has 0 spiro atoms. The maximum absolute atomic E-state index is 13.3. The number of carbonyl (C=O) groups excluding carboxylic acids is 3. The summed E-state index contributed by atoms with van der Waals surface area (Å²) in [5.41, 5.74) is 0.586. The summed E-state index contributed by atoms with van der Waals surface area (Å²) in [5, 5.41) is 5.47. The lowest BCUT2D eigenvalue weighted by molar-refractivity contribution is -0.219. The molecule has 1 unspecified atom stereocenters. The molecule has 7 heteroatoms. The first-order valence-corrected chi connectivity index (χ1v) is 11.6. The molecule has 0 fully saturated rings. The molecule has 1 atom stereocenters. The number of carbonyl (C=O) groups is 3. The average molecular weight is 467 g/mol. The van der Waals surface area contributed by atoms with Gasteiger partial charge in [0.1, 0.15) is 0 Å². The summed E-state index contributed by atoms with van der Waals surface area (Å²) >= 11 is 0. The van der Waals surface area contributed by atoms with Crippen molar-refractivity contribution < 1.29 is 23.9 Å². The van der Waals surface area contributed by atoms with E-state index in [4.69, 9.17) is 9.47 Å². The normalized spacial score (nSPS) is 15.9. The van der Waals surface area contributed by atoms with Gasteiger partial charge in [-0.05, 0) is 43.9 Å². The van der Waals surface area contributed by atoms with Gasteiger partial charge in [-0.2, -0.15) is 0 Å². The Bertz CT molecular complexity index is 860. The van der Waals surface area contributed by atoms with Gasteiger partial charge in [-0.25, -0.2) is 0 Å². The summed E-state index contributed by atoms with van der Waals surface area (Å²) in [5.74, 6) is -2.37. The number of amides is 2. The van der Waals surface area contributed by atoms with E-state index in [-0.39, 0.29) is 17.6 Å². The van der Waals surface area contributed by atoms with E-state index in [0.717, 1.165) is 12.8 Å². The van der Waals surface area contributed by atoms with Crippen LogP contribution in [0.5, 0.6) is 0 Å². The molecule has 34 heavy (non-hydrogen) atoms. The van der Waals surface area contributed by atoms with Crippen molar-refractivity contribution in [2.45, 2.75) is 31.5 Å². The van der Waals surface area contributed by atoms with Crippen molar-refractivity contribution in [1.82, 2.24) is 10.6 Å². The van der Waals surface area contributed by atoms with E-state index < -0.39 is 11.7 Å². The van der Waals surface area contributed by atoms with Crippen molar-refractivity contribution >= 4 is 17.6 Å². The summed E-state index contributed by atoms with van der Waals surface area (Å²) in [4.78, 5) is 35.9. The Morgan fingerprint density at radius 1 is 0.853 bits per heavy atom. The van der Waals surface area contributed by atoms with Gasteiger partial charge in [0.15, 0.2) is 5.78 Å². The van der Waals surface area contributed by atoms with Crippen LogP contribution in [-0.4, -0.2) is 49.7 Å². The lowest BCUT2D eigenvalue weighted by atomic mass is 9.86. The molecule has 0 saturated carbocycles. The zero-order valence-electron chi connectivity index (χ0n) is 19.5. The summed E-state index contributed by atoms with van der Waals surface area (Å²) in [6, 6.07) is 9.08. The fourth-order valence-electron chi connectivity index (χ4n) is 3.46. The fourth-order valence-corrected chi connectivity index (χ4v) is 3.46. The first-order valence-electron chi connectivity index (χ1n) is 11.6. The lowest BCUT2D eigenvalue weighted by Crippen LogP contribution is -2.46. The van der Waals surface area contributed by atoms with Gasteiger partial charge >= 0.3 is 0 Å². The van der Waals surface area contributed by atoms with Crippen LogP contribution in [0.4, 0.5) is 0 Å². The molecule has 2 rings (SSSR count). The summed E-state index contributed by atoms with van der Waals surface area (Å²) in [7, 11) is 0. The van der Waals surface area contributed by atoms with Gasteiger partial charge in [-0.1, -0.05) is 61.7 Å². The molecule has 2 amide bonds. The summed E-state index contributed by atoms with van der Waals surface area (Å²) in [6.45, 7) is 8.61. The molecule has 7 nitrogen and oxygen atoms in total. The molecule has 0 aromatic heterocycles. The molecule has 1 aliphatic rings. The summed E-state index contributed by atoms with van der Waals surface area (Å²) in [6.07, 6.45) is 12.5. The molecule has 182 valence electrons. The Kier molecular flexibility index (Phi) is 11.7. The van der Waals surface area contributed by atoms with Crippen LogP contribution in [-0.2, 0) is 19.1 Å². The Hall–Kier alpha value is -3.29. The Morgan fingerprint density at radius 2 is 1.41 bits per heavy atom. The van der Waals surface area contributed by atoms with Gasteiger partial charge < -0.3 is 20.1 Å². The van der Waals surface area contributed by atoms with Gasteiger partial charge in [0.25, 0.3) is 0 Å². The molecule has 0 bridgehead atoms. The number of ether oxygens (including phenoxy) is 2. The van der Waals surface area contributed by atoms with Crippen LogP contribution < -0.4 is 10.6 Å². The van der Waals surface area contributed by atoms with Gasteiger partial charge in [0.05, 0.1) is 19.1 Å². The monoisotopic (exact) mass is 466 g/mol. The van der Waals surface area contributed by atoms with Gasteiger partial charge in [-0.3, -0.25) is 14.4 Å². The van der Waals surface area contributed by atoms with E-state index in [1.165, 1.54) is 12.2 Å². The molecular formula is C27H34N2O5. The maximum Gasteiger partial charge on any atom is 0.243 e. The fraction of sp³-hybridized carbons (Fsp3) is 0.370. The molecule has 0 saturated heterocycles. The highest BCUT2D eigenvalue weighted by Gasteiger charge is 2.43. The van der Waals surface area contributed by atoms with E-state index in [1.54, 1.807) is 18.2 Å². The van der Waals surface area contributed by atoms with Crippen LogP contribution in [0.3, 0.4) is 0 Å². The van der Waals surface area contributed by atoms with Gasteiger partial charge in [0, 0.05) is 18.7 Å². The van der Waals surface area contributed by atoms with Crippen molar-refractivity contribution in [3.63, 3.8) is 0 Å². The minimum absolute atomic E-state index is 0.0855. The number of unbranched alkanes of at least 4 members (excludes halogenated alkanes) is 2. The smallest absolute Gasteiger partial charge is 0.243 e. The van der Waals surface area contributed by atoms with E-state index in [9.17, 15) is 14.4 Å². The van der Waals surface area contributed by atoms with Gasteiger partial charge in [-0.15, -0.1) is 0 Å². The van der Waals surface area contributed by atoms with E-state index in [2.05, 4.69) is 23.8 Å². The maximum atomic E-state index is 13.3. The number of rotatable bonds is 16. The number of ketones is 1. The Balaban J connectivity index is 2.01. The largest absolute Gasteiger partial charge is 0.353 e. The minimum Gasteiger partial charge on any atom is -0.353 e. The molecular weight excluding hydrogens is 432 g/mol. The SMILES string of the molecule is C=CC(=O)NCCCCOC1(OCCCCNC(=O)C=C)C=CC=CC1C(=O)c1ccccc1.